The van der Waals surface area contributed by atoms with Crippen LogP contribution in [0, 0.1) is 17.8 Å². The zero-order valence-corrected chi connectivity index (χ0v) is 12.1. The minimum absolute atomic E-state index is 0.560. The fraction of sp³-hybridized carbons (Fsp3) is 0.667. The van der Waals surface area contributed by atoms with Crippen LogP contribution in [0.3, 0.4) is 0 Å². The molecule has 1 heteroatoms. The van der Waals surface area contributed by atoms with Gasteiger partial charge < -0.3 is 5.32 Å². The van der Waals surface area contributed by atoms with Crippen LogP contribution in [0.15, 0.2) is 30.3 Å². The molecule has 2 bridgehead atoms. The summed E-state index contributed by atoms with van der Waals surface area (Å²) >= 11 is 0. The Morgan fingerprint density at radius 2 is 2.00 bits per heavy atom. The van der Waals surface area contributed by atoms with Crippen LogP contribution in [-0.4, -0.2) is 6.54 Å². The Morgan fingerprint density at radius 3 is 2.63 bits per heavy atom. The molecule has 104 valence electrons. The third kappa shape index (κ3) is 3.02. The summed E-state index contributed by atoms with van der Waals surface area (Å²) in [7, 11) is 0. The highest BCUT2D eigenvalue weighted by Gasteiger charge is 2.39. The van der Waals surface area contributed by atoms with Crippen LogP contribution >= 0.6 is 0 Å². The smallest absolute Gasteiger partial charge is 0.0320 e. The summed E-state index contributed by atoms with van der Waals surface area (Å²) in [6.45, 7) is 3.52. The number of hydrogen-bond donors (Lipinski definition) is 1. The van der Waals surface area contributed by atoms with Gasteiger partial charge in [-0.05, 0) is 55.5 Å². The monoisotopic (exact) mass is 257 g/mol. The molecule has 1 N–H and O–H groups in total. The van der Waals surface area contributed by atoms with Crippen molar-refractivity contribution in [3.8, 4) is 0 Å². The Hall–Kier alpha value is -0.820. The summed E-state index contributed by atoms with van der Waals surface area (Å²) in [6, 6.07) is 11.5. The van der Waals surface area contributed by atoms with Gasteiger partial charge in [-0.3, -0.25) is 0 Å². The second kappa shape index (κ2) is 6.09. The Bertz CT molecular complexity index is 386. The molecule has 3 rings (SSSR count). The topological polar surface area (TPSA) is 12.0 Å². The molecule has 0 radical (unpaired) electrons. The molecule has 0 amide bonds. The van der Waals surface area contributed by atoms with Crippen molar-refractivity contribution < 1.29 is 0 Å². The summed E-state index contributed by atoms with van der Waals surface area (Å²) in [5, 5.41) is 3.86. The third-order valence-electron chi connectivity index (χ3n) is 5.29. The van der Waals surface area contributed by atoms with E-state index in [9.17, 15) is 0 Å². The zero-order valence-electron chi connectivity index (χ0n) is 12.1. The summed E-state index contributed by atoms with van der Waals surface area (Å²) in [4.78, 5) is 0. The molecule has 2 fully saturated rings. The van der Waals surface area contributed by atoms with Gasteiger partial charge in [0.2, 0.25) is 0 Å². The van der Waals surface area contributed by atoms with Crippen LogP contribution in [0.2, 0.25) is 0 Å². The molecule has 1 aromatic carbocycles. The van der Waals surface area contributed by atoms with Crippen LogP contribution < -0.4 is 5.32 Å². The van der Waals surface area contributed by atoms with E-state index in [4.69, 9.17) is 0 Å². The van der Waals surface area contributed by atoms with Gasteiger partial charge in [-0.25, -0.2) is 0 Å². The highest BCUT2D eigenvalue weighted by molar-refractivity contribution is 5.18. The Labute approximate surface area is 117 Å². The molecule has 0 heterocycles. The Balaban J connectivity index is 1.56. The lowest BCUT2D eigenvalue weighted by Gasteiger charge is -2.26. The fourth-order valence-corrected chi connectivity index (χ4v) is 4.28. The van der Waals surface area contributed by atoms with Crippen molar-refractivity contribution in [2.75, 3.05) is 6.54 Å². The molecular weight excluding hydrogens is 230 g/mol. The van der Waals surface area contributed by atoms with E-state index < -0.39 is 0 Å². The van der Waals surface area contributed by atoms with Gasteiger partial charge in [0.25, 0.3) is 0 Å². The lowest BCUT2D eigenvalue weighted by molar-refractivity contribution is 0.302. The first-order valence-electron chi connectivity index (χ1n) is 8.15. The Morgan fingerprint density at radius 1 is 1.16 bits per heavy atom. The maximum absolute atomic E-state index is 3.86. The average Bonchev–Trinajstić information content (AvgIpc) is 3.07. The molecule has 0 spiro atoms. The molecule has 19 heavy (non-hydrogen) atoms. The van der Waals surface area contributed by atoms with E-state index in [1.165, 1.54) is 50.6 Å². The first kappa shape index (κ1) is 13.2. The number of hydrogen-bond acceptors (Lipinski definition) is 1. The normalized spacial score (nSPS) is 30.7. The fourth-order valence-electron chi connectivity index (χ4n) is 4.28. The van der Waals surface area contributed by atoms with Crippen molar-refractivity contribution in [2.24, 2.45) is 17.8 Å². The molecule has 4 unspecified atom stereocenters. The van der Waals surface area contributed by atoms with E-state index in [1.807, 2.05) is 0 Å². The molecule has 0 aliphatic heterocycles. The summed E-state index contributed by atoms with van der Waals surface area (Å²) in [5.74, 6) is 3.07. The van der Waals surface area contributed by atoms with E-state index in [0.29, 0.717) is 6.04 Å². The van der Waals surface area contributed by atoms with Gasteiger partial charge in [-0.2, -0.15) is 0 Å². The minimum Gasteiger partial charge on any atom is -0.310 e. The lowest BCUT2D eigenvalue weighted by atomic mass is 9.88. The first-order chi connectivity index (χ1) is 9.36. The minimum atomic E-state index is 0.560. The Kier molecular flexibility index (Phi) is 4.22. The standard InChI is InChI=1S/C18H27N/c1-2-6-18(15-7-4-3-5-8-15)19-13-17-12-14-9-10-16(17)11-14/h3-5,7-8,14,16-19H,2,6,9-13H2,1H3. The molecule has 2 aliphatic rings. The first-order valence-corrected chi connectivity index (χ1v) is 8.15. The van der Waals surface area contributed by atoms with Crippen LogP contribution in [0.25, 0.3) is 0 Å². The maximum atomic E-state index is 3.86. The van der Waals surface area contributed by atoms with Gasteiger partial charge in [-0.1, -0.05) is 50.1 Å². The lowest BCUT2D eigenvalue weighted by Crippen LogP contribution is -2.30. The molecule has 4 atom stereocenters. The van der Waals surface area contributed by atoms with Gasteiger partial charge in [-0.15, -0.1) is 0 Å². The molecule has 2 aliphatic carbocycles. The van der Waals surface area contributed by atoms with E-state index in [2.05, 4.69) is 42.6 Å². The molecule has 0 saturated heterocycles. The summed E-state index contributed by atoms with van der Waals surface area (Å²) in [6.07, 6.45) is 8.54. The van der Waals surface area contributed by atoms with Gasteiger partial charge in [0, 0.05) is 6.04 Å². The molecule has 1 aromatic rings. The molecule has 2 saturated carbocycles. The van der Waals surface area contributed by atoms with Crippen LogP contribution in [0.5, 0.6) is 0 Å². The number of benzene rings is 1. The van der Waals surface area contributed by atoms with Gasteiger partial charge in [0.05, 0.1) is 0 Å². The van der Waals surface area contributed by atoms with Crippen LogP contribution in [0.4, 0.5) is 0 Å². The summed E-state index contributed by atoms with van der Waals surface area (Å²) < 4.78 is 0. The highest BCUT2D eigenvalue weighted by Crippen LogP contribution is 2.48. The largest absolute Gasteiger partial charge is 0.310 e. The highest BCUT2D eigenvalue weighted by atomic mass is 14.9. The SMILES string of the molecule is CCCC(NCC1CC2CCC1C2)c1ccccc1. The number of fused-ring (bicyclic) bond motifs is 2. The van der Waals surface area contributed by atoms with Crippen molar-refractivity contribution in [3.05, 3.63) is 35.9 Å². The molecule has 1 nitrogen and oxygen atoms in total. The van der Waals surface area contributed by atoms with Crippen LogP contribution in [0.1, 0.15) is 57.1 Å². The van der Waals surface area contributed by atoms with Crippen molar-refractivity contribution >= 4 is 0 Å². The van der Waals surface area contributed by atoms with E-state index in [-0.39, 0.29) is 0 Å². The van der Waals surface area contributed by atoms with Crippen molar-refractivity contribution in [2.45, 2.75) is 51.5 Å². The maximum Gasteiger partial charge on any atom is 0.0320 e. The second-order valence-corrected chi connectivity index (χ2v) is 6.60. The van der Waals surface area contributed by atoms with E-state index in [0.717, 1.165) is 17.8 Å². The second-order valence-electron chi connectivity index (χ2n) is 6.60. The van der Waals surface area contributed by atoms with Crippen molar-refractivity contribution in [3.63, 3.8) is 0 Å². The van der Waals surface area contributed by atoms with E-state index in [1.54, 1.807) is 0 Å². The quantitative estimate of drug-likeness (QED) is 0.788. The van der Waals surface area contributed by atoms with Gasteiger partial charge in [0.1, 0.15) is 0 Å². The zero-order chi connectivity index (χ0) is 13.1. The number of rotatable bonds is 6. The van der Waals surface area contributed by atoms with Crippen molar-refractivity contribution in [1.29, 1.82) is 0 Å². The predicted octanol–water partition coefficient (Wildman–Crippen LogP) is 4.55. The molecule has 0 aromatic heterocycles. The predicted molar refractivity (Wildman–Crippen MR) is 81.0 cm³/mol. The number of nitrogens with one attached hydrogen (secondary N) is 1. The van der Waals surface area contributed by atoms with Gasteiger partial charge in [0.15, 0.2) is 0 Å². The molecular formula is C18H27N. The average molecular weight is 257 g/mol. The van der Waals surface area contributed by atoms with Crippen LogP contribution in [-0.2, 0) is 0 Å². The van der Waals surface area contributed by atoms with E-state index >= 15 is 0 Å². The third-order valence-corrected chi connectivity index (χ3v) is 5.29. The van der Waals surface area contributed by atoms with Gasteiger partial charge >= 0.3 is 0 Å². The summed E-state index contributed by atoms with van der Waals surface area (Å²) in [5.41, 5.74) is 1.47. The van der Waals surface area contributed by atoms with Crippen molar-refractivity contribution in [1.82, 2.24) is 5.32 Å².